The van der Waals surface area contributed by atoms with Crippen LogP contribution in [0.3, 0.4) is 0 Å². The number of anilines is 1. The van der Waals surface area contributed by atoms with E-state index in [9.17, 15) is 0 Å². The molecular weight excluding hydrogens is 250 g/mol. The van der Waals surface area contributed by atoms with Crippen LogP contribution in [0.5, 0.6) is 11.5 Å². The van der Waals surface area contributed by atoms with Crippen molar-refractivity contribution in [2.45, 2.75) is 9.79 Å². The van der Waals surface area contributed by atoms with Crippen LogP contribution in [0.15, 0.2) is 34.3 Å². The average molecular weight is 265 g/mol. The summed E-state index contributed by atoms with van der Waals surface area (Å²) in [6.45, 7) is 0. The highest BCUT2D eigenvalue weighted by Gasteiger charge is 2.11. The van der Waals surface area contributed by atoms with Crippen LogP contribution in [0.2, 0.25) is 0 Å². The molecule has 18 heavy (non-hydrogen) atoms. The summed E-state index contributed by atoms with van der Waals surface area (Å²) in [6, 6.07) is 3.63. The SMILES string of the molecule is COc1cc(N)c(Sc2cnn(C)c2)cc1OC. The lowest BCUT2D eigenvalue weighted by Gasteiger charge is -2.11. The fourth-order valence-electron chi connectivity index (χ4n) is 1.54. The van der Waals surface area contributed by atoms with Gasteiger partial charge in [-0.2, -0.15) is 5.10 Å². The number of aromatic nitrogens is 2. The van der Waals surface area contributed by atoms with Crippen molar-refractivity contribution in [3.8, 4) is 11.5 Å². The number of nitrogens with zero attached hydrogens (tertiary/aromatic N) is 2. The van der Waals surface area contributed by atoms with Crippen molar-refractivity contribution in [1.82, 2.24) is 9.78 Å². The normalized spacial score (nSPS) is 10.4. The maximum atomic E-state index is 5.99. The van der Waals surface area contributed by atoms with E-state index >= 15 is 0 Å². The Bertz CT molecular complexity index is 554. The Balaban J connectivity index is 2.33. The lowest BCUT2D eigenvalue weighted by molar-refractivity contribution is 0.354. The third-order valence-corrected chi connectivity index (χ3v) is 3.44. The van der Waals surface area contributed by atoms with Crippen LogP contribution in [0.4, 0.5) is 5.69 Å². The van der Waals surface area contributed by atoms with E-state index in [1.165, 1.54) is 11.8 Å². The summed E-state index contributed by atoms with van der Waals surface area (Å²) in [7, 11) is 5.07. The molecule has 0 spiro atoms. The van der Waals surface area contributed by atoms with E-state index in [1.807, 2.05) is 19.3 Å². The maximum Gasteiger partial charge on any atom is 0.162 e. The Morgan fingerprint density at radius 3 is 2.44 bits per heavy atom. The molecule has 6 heteroatoms. The van der Waals surface area contributed by atoms with Crippen LogP contribution in [0.25, 0.3) is 0 Å². The molecule has 2 aromatic rings. The van der Waals surface area contributed by atoms with Gasteiger partial charge < -0.3 is 15.2 Å². The molecule has 0 saturated heterocycles. The number of ether oxygens (including phenoxy) is 2. The van der Waals surface area contributed by atoms with Crippen molar-refractivity contribution in [1.29, 1.82) is 0 Å². The minimum absolute atomic E-state index is 0.630. The Kier molecular flexibility index (Phi) is 3.66. The molecule has 0 bridgehead atoms. The quantitative estimate of drug-likeness (QED) is 0.858. The molecule has 0 amide bonds. The fourth-order valence-corrected chi connectivity index (χ4v) is 2.44. The number of benzene rings is 1. The Hall–Kier alpha value is -1.82. The number of rotatable bonds is 4. The Labute approximate surface area is 110 Å². The van der Waals surface area contributed by atoms with Gasteiger partial charge >= 0.3 is 0 Å². The van der Waals surface area contributed by atoms with Crippen LogP contribution in [-0.4, -0.2) is 24.0 Å². The van der Waals surface area contributed by atoms with E-state index in [-0.39, 0.29) is 0 Å². The first-order chi connectivity index (χ1) is 8.63. The smallest absolute Gasteiger partial charge is 0.162 e. The van der Waals surface area contributed by atoms with Gasteiger partial charge in [-0.3, -0.25) is 4.68 Å². The van der Waals surface area contributed by atoms with Crippen LogP contribution in [-0.2, 0) is 7.05 Å². The molecule has 0 unspecified atom stereocenters. The Morgan fingerprint density at radius 1 is 1.22 bits per heavy atom. The number of hydrogen-bond donors (Lipinski definition) is 1. The molecule has 0 atom stereocenters. The summed E-state index contributed by atoms with van der Waals surface area (Å²) >= 11 is 1.54. The summed E-state index contributed by atoms with van der Waals surface area (Å²) in [5.41, 5.74) is 6.65. The second-order valence-corrected chi connectivity index (χ2v) is 4.81. The van der Waals surface area contributed by atoms with Gasteiger partial charge in [0.15, 0.2) is 11.5 Å². The molecule has 1 aromatic heterocycles. The summed E-state index contributed by atoms with van der Waals surface area (Å²) < 4.78 is 12.2. The van der Waals surface area contributed by atoms with Crippen molar-refractivity contribution in [2.24, 2.45) is 7.05 Å². The number of nitrogens with two attached hydrogens (primary N) is 1. The second kappa shape index (κ2) is 5.22. The van der Waals surface area contributed by atoms with Crippen molar-refractivity contribution < 1.29 is 9.47 Å². The topological polar surface area (TPSA) is 62.3 Å². The van der Waals surface area contributed by atoms with Crippen molar-refractivity contribution in [3.05, 3.63) is 24.5 Å². The molecule has 1 aromatic carbocycles. The molecule has 96 valence electrons. The fraction of sp³-hybridized carbons (Fsp3) is 0.250. The van der Waals surface area contributed by atoms with Crippen molar-refractivity contribution >= 4 is 17.4 Å². The highest BCUT2D eigenvalue weighted by Crippen LogP contribution is 2.39. The van der Waals surface area contributed by atoms with E-state index in [2.05, 4.69) is 5.10 Å². The largest absolute Gasteiger partial charge is 0.493 e. The van der Waals surface area contributed by atoms with E-state index in [4.69, 9.17) is 15.2 Å². The summed E-state index contributed by atoms with van der Waals surface area (Å²) in [4.78, 5) is 1.94. The van der Waals surface area contributed by atoms with E-state index in [0.717, 1.165) is 9.79 Å². The third-order valence-electron chi connectivity index (χ3n) is 2.42. The molecule has 2 rings (SSSR count). The van der Waals surface area contributed by atoms with Crippen LogP contribution in [0.1, 0.15) is 0 Å². The summed E-state index contributed by atoms with van der Waals surface area (Å²) in [5.74, 6) is 1.30. The van der Waals surface area contributed by atoms with Gasteiger partial charge in [0, 0.05) is 29.9 Å². The van der Waals surface area contributed by atoms with Crippen LogP contribution in [0, 0.1) is 0 Å². The zero-order chi connectivity index (χ0) is 13.1. The predicted octanol–water partition coefficient (Wildman–Crippen LogP) is 2.17. The summed E-state index contributed by atoms with van der Waals surface area (Å²) in [6.07, 6.45) is 3.72. The zero-order valence-electron chi connectivity index (χ0n) is 10.5. The Morgan fingerprint density at radius 2 is 1.89 bits per heavy atom. The van der Waals surface area contributed by atoms with Gasteiger partial charge in [-0.1, -0.05) is 11.8 Å². The number of nitrogen functional groups attached to an aromatic ring is 1. The van der Waals surface area contributed by atoms with Crippen LogP contribution < -0.4 is 15.2 Å². The highest BCUT2D eigenvalue weighted by atomic mass is 32.2. The summed E-state index contributed by atoms with van der Waals surface area (Å²) in [5, 5.41) is 4.12. The first kappa shape index (κ1) is 12.6. The van der Waals surface area contributed by atoms with Gasteiger partial charge in [-0.25, -0.2) is 0 Å². The number of aryl methyl sites for hydroxylation is 1. The van der Waals surface area contributed by atoms with Gasteiger partial charge in [0.05, 0.1) is 25.3 Å². The highest BCUT2D eigenvalue weighted by molar-refractivity contribution is 7.99. The van der Waals surface area contributed by atoms with E-state index < -0.39 is 0 Å². The maximum absolute atomic E-state index is 5.99. The second-order valence-electron chi connectivity index (χ2n) is 3.70. The molecule has 0 aliphatic carbocycles. The van der Waals surface area contributed by atoms with Crippen molar-refractivity contribution in [3.63, 3.8) is 0 Å². The van der Waals surface area contributed by atoms with Gasteiger partial charge in [-0.15, -0.1) is 0 Å². The lowest BCUT2D eigenvalue weighted by atomic mass is 10.3. The molecule has 0 radical (unpaired) electrons. The van der Waals surface area contributed by atoms with Gasteiger partial charge in [0.25, 0.3) is 0 Å². The minimum Gasteiger partial charge on any atom is -0.493 e. The first-order valence-corrected chi connectivity index (χ1v) is 6.13. The molecule has 0 saturated carbocycles. The molecule has 0 fully saturated rings. The van der Waals surface area contributed by atoms with Crippen LogP contribution >= 0.6 is 11.8 Å². The molecule has 2 N–H and O–H groups in total. The molecule has 0 aliphatic rings. The van der Waals surface area contributed by atoms with Crippen molar-refractivity contribution in [2.75, 3.05) is 20.0 Å². The number of methoxy groups -OCH3 is 2. The molecule has 5 nitrogen and oxygen atoms in total. The van der Waals surface area contributed by atoms with Gasteiger partial charge in [-0.05, 0) is 6.07 Å². The molecule has 1 heterocycles. The monoisotopic (exact) mass is 265 g/mol. The minimum atomic E-state index is 0.630. The van der Waals surface area contributed by atoms with E-state index in [0.29, 0.717) is 17.2 Å². The predicted molar refractivity (Wildman–Crippen MR) is 71.3 cm³/mol. The van der Waals surface area contributed by atoms with E-state index in [1.54, 1.807) is 31.2 Å². The molecule has 0 aliphatic heterocycles. The first-order valence-electron chi connectivity index (χ1n) is 5.32. The lowest BCUT2D eigenvalue weighted by Crippen LogP contribution is -1.95. The average Bonchev–Trinajstić information content (AvgIpc) is 2.77. The zero-order valence-corrected chi connectivity index (χ0v) is 11.3. The molecular formula is C12H15N3O2S. The standard InChI is InChI=1S/C12H15N3O2S/c1-15-7-8(6-14-15)18-12-5-11(17-3)10(16-2)4-9(12)13/h4-7H,13H2,1-3H3. The number of hydrogen-bond acceptors (Lipinski definition) is 5. The van der Waals surface area contributed by atoms with Gasteiger partial charge in [0.1, 0.15) is 0 Å². The van der Waals surface area contributed by atoms with Gasteiger partial charge in [0.2, 0.25) is 0 Å². The third kappa shape index (κ3) is 2.53.